The molecular weight excluding hydrogens is 264 g/mol. The van der Waals surface area contributed by atoms with E-state index in [2.05, 4.69) is 0 Å². The third kappa shape index (κ3) is 2.47. The first kappa shape index (κ1) is 13.6. The Bertz CT molecular complexity index is 731. The lowest BCUT2D eigenvalue weighted by Gasteiger charge is -2.10. The summed E-state index contributed by atoms with van der Waals surface area (Å²) in [5.41, 5.74) is 4.28. The summed E-state index contributed by atoms with van der Waals surface area (Å²) in [6, 6.07) is 12.9. The number of rotatable bonds is 3. The molecule has 0 saturated carbocycles. The highest BCUT2D eigenvalue weighted by Gasteiger charge is 2.32. The van der Waals surface area contributed by atoms with Gasteiger partial charge in [0.2, 0.25) is 0 Å². The topological polar surface area (TPSA) is 43.4 Å². The van der Waals surface area contributed by atoms with Crippen LogP contribution in [0.5, 0.6) is 0 Å². The quantitative estimate of drug-likeness (QED) is 0.634. The lowest BCUT2D eigenvalue weighted by molar-refractivity contribution is 0.0367. The second-order valence-electron chi connectivity index (χ2n) is 5.41. The largest absolute Gasteiger partial charge is 0.453 e. The molecule has 1 aliphatic rings. The van der Waals surface area contributed by atoms with Crippen LogP contribution in [0.4, 0.5) is 0 Å². The molecular formula is C18H16O3. The first-order valence-electron chi connectivity index (χ1n) is 6.96. The molecule has 3 nitrogen and oxygen atoms in total. The molecule has 3 heteroatoms. The van der Waals surface area contributed by atoms with Crippen molar-refractivity contribution in [1.82, 2.24) is 0 Å². The van der Waals surface area contributed by atoms with Gasteiger partial charge < -0.3 is 4.74 Å². The number of Topliss-reactive ketones (excluding diaryl/α,β-unsaturated/α-hetero) is 1. The van der Waals surface area contributed by atoms with Crippen molar-refractivity contribution in [3.63, 3.8) is 0 Å². The number of hydrogen-bond donors (Lipinski definition) is 0. The molecule has 3 rings (SSSR count). The van der Waals surface area contributed by atoms with Crippen LogP contribution < -0.4 is 0 Å². The normalized spacial score (nSPS) is 16.5. The number of ketones is 1. The molecule has 2 aromatic rings. The smallest absolute Gasteiger partial charge is 0.339 e. The minimum absolute atomic E-state index is 0.00685. The number of fused-ring (bicyclic) bond motifs is 1. The average Bonchev–Trinajstić information content (AvgIpc) is 2.79. The van der Waals surface area contributed by atoms with Gasteiger partial charge in [0.1, 0.15) is 6.10 Å². The second-order valence-corrected chi connectivity index (χ2v) is 5.41. The van der Waals surface area contributed by atoms with Gasteiger partial charge in [0.15, 0.2) is 5.78 Å². The number of carbonyl (C=O) groups is 2. The van der Waals surface area contributed by atoms with Crippen LogP contribution in [0.15, 0.2) is 42.5 Å². The van der Waals surface area contributed by atoms with E-state index in [-0.39, 0.29) is 18.2 Å². The van der Waals surface area contributed by atoms with Crippen molar-refractivity contribution < 1.29 is 14.3 Å². The molecule has 1 aliphatic heterocycles. The zero-order valence-corrected chi connectivity index (χ0v) is 12.1. The predicted octanol–water partition coefficient (Wildman–Crippen LogP) is 3.79. The van der Waals surface area contributed by atoms with Crippen LogP contribution >= 0.6 is 0 Å². The fraction of sp³-hybridized carbons (Fsp3) is 0.222. The predicted molar refractivity (Wildman–Crippen MR) is 79.5 cm³/mol. The highest BCUT2D eigenvalue weighted by atomic mass is 16.5. The molecule has 0 radical (unpaired) electrons. The minimum atomic E-state index is -0.470. The molecule has 0 bridgehead atoms. The highest BCUT2D eigenvalue weighted by molar-refractivity contribution is 5.99. The molecule has 1 atom stereocenters. The van der Waals surface area contributed by atoms with Gasteiger partial charge in [0.05, 0.1) is 12.0 Å². The Labute approximate surface area is 123 Å². The molecule has 2 aromatic carbocycles. The van der Waals surface area contributed by atoms with Crippen LogP contribution in [0.1, 0.15) is 49.9 Å². The molecule has 21 heavy (non-hydrogen) atoms. The van der Waals surface area contributed by atoms with Crippen LogP contribution in [0.3, 0.4) is 0 Å². The number of aryl methyl sites for hydroxylation is 2. The molecule has 0 N–H and O–H groups in total. The number of carbonyl (C=O) groups excluding carboxylic acids is 2. The van der Waals surface area contributed by atoms with Crippen LogP contribution in [-0.2, 0) is 4.74 Å². The molecule has 0 fully saturated rings. The number of esters is 1. The summed E-state index contributed by atoms with van der Waals surface area (Å²) < 4.78 is 5.32. The fourth-order valence-corrected chi connectivity index (χ4v) is 2.57. The molecule has 1 heterocycles. The maximum atomic E-state index is 12.4. The summed E-state index contributed by atoms with van der Waals surface area (Å²) in [6.45, 7) is 4.00. The summed E-state index contributed by atoms with van der Waals surface area (Å²) in [6.07, 6.45) is -0.284. The van der Waals surface area contributed by atoms with E-state index in [4.69, 9.17) is 4.74 Å². The van der Waals surface area contributed by atoms with E-state index < -0.39 is 6.10 Å². The number of cyclic esters (lactones) is 1. The fourth-order valence-electron chi connectivity index (χ4n) is 2.57. The Balaban J connectivity index is 1.83. The van der Waals surface area contributed by atoms with Gasteiger partial charge in [-0.15, -0.1) is 0 Å². The van der Waals surface area contributed by atoms with Gasteiger partial charge in [-0.3, -0.25) is 4.79 Å². The van der Waals surface area contributed by atoms with E-state index in [9.17, 15) is 9.59 Å². The summed E-state index contributed by atoms with van der Waals surface area (Å²) in [7, 11) is 0. The monoisotopic (exact) mass is 280 g/mol. The first-order valence-corrected chi connectivity index (χ1v) is 6.96. The van der Waals surface area contributed by atoms with Crippen LogP contribution in [0.25, 0.3) is 0 Å². The summed E-state index contributed by atoms with van der Waals surface area (Å²) in [4.78, 5) is 24.1. The highest BCUT2D eigenvalue weighted by Crippen LogP contribution is 2.33. The summed E-state index contributed by atoms with van der Waals surface area (Å²) in [5, 5.41) is 0. The van der Waals surface area contributed by atoms with Crippen LogP contribution in [-0.4, -0.2) is 11.8 Å². The number of hydrogen-bond acceptors (Lipinski definition) is 3. The average molecular weight is 280 g/mol. The first-order chi connectivity index (χ1) is 10.1. The Kier molecular flexibility index (Phi) is 3.34. The van der Waals surface area contributed by atoms with Crippen molar-refractivity contribution in [2.24, 2.45) is 0 Å². The number of benzene rings is 2. The molecule has 0 amide bonds. The summed E-state index contributed by atoms with van der Waals surface area (Å²) >= 11 is 0. The maximum absolute atomic E-state index is 12.4. The van der Waals surface area contributed by atoms with Gasteiger partial charge in [0.25, 0.3) is 0 Å². The lowest BCUT2D eigenvalue weighted by atomic mass is 9.97. The molecule has 0 saturated heterocycles. The zero-order chi connectivity index (χ0) is 15.0. The standard InChI is InChI=1S/C18H16O3/c1-11-7-8-13(9-12(11)2)16(19)10-17-14-5-3-4-6-15(14)18(20)21-17/h3-9,17H,10H2,1-2H3. The van der Waals surface area contributed by atoms with E-state index in [1.807, 2.05) is 44.2 Å². The van der Waals surface area contributed by atoms with E-state index in [1.165, 1.54) is 0 Å². The Morgan fingerprint density at radius 1 is 1.10 bits per heavy atom. The van der Waals surface area contributed by atoms with Crippen molar-refractivity contribution in [1.29, 1.82) is 0 Å². The second kappa shape index (κ2) is 5.17. The van der Waals surface area contributed by atoms with Gasteiger partial charge in [-0.1, -0.05) is 30.3 Å². The Morgan fingerprint density at radius 2 is 1.86 bits per heavy atom. The van der Waals surface area contributed by atoms with E-state index in [0.717, 1.165) is 16.7 Å². The van der Waals surface area contributed by atoms with Crippen molar-refractivity contribution in [2.75, 3.05) is 0 Å². The Morgan fingerprint density at radius 3 is 2.62 bits per heavy atom. The maximum Gasteiger partial charge on any atom is 0.339 e. The van der Waals surface area contributed by atoms with Crippen molar-refractivity contribution in [3.05, 3.63) is 70.3 Å². The molecule has 0 aliphatic carbocycles. The van der Waals surface area contributed by atoms with Crippen LogP contribution in [0.2, 0.25) is 0 Å². The van der Waals surface area contributed by atoms with E-state index in [1.54, 1.807) is 12.1 Å². The van der Waals surface area contributed by atoms with Gasteiger partial charge >= 0.3 is 5.97 Å². The minimum Gasteiger partial charge on any atom is -0.453 e. The van der Waals surface area contributed by atoms with E-state index >= 15 is 0 Å². The van der Waals surface area contributed by atoms with E-state index in [0.29, 0.717) is 11.1 Å². The molecule has 1 unspecified atom stereocenters. The van der Waals surface area contributed by atoms with Gasteiger partial charge in [0, 0.05) is 11.1 Å². The third-order valence-corrected chi connectivity index (χ3v) is 3.98. The third-order valence-electron chi connectivity index (χ3n) is 3.98. The molecule has 106 valence electrons. The van der Waals surface area contributed by atoms with Gasteiger partial charge in [-0.2, -0.15) is 0 Å². The van der Waals surface area contributed by atoms with Crippen molar-refractivity contribution in [3.8, 4) is 0 Å². The van der Waals surface area contributed by atoms with Crippen molar-refractivity contribution in [2.45, 2.75) is 26.4 Å². The van der Waals surface area contributed by atoms with Crippen LogP contribution in [0, 0.1) is 13.8 Å². The SMILES string of the molecule is Cc1ccc(C(=O)CC2OC(=O)c3ccccc32)cc1C. The van der Waals surface area contributed by atoms with Crippen molar-refractivity contribution >= 4 is 11.8 Å². The van der Waals surface area contributed by atoms with Gasteiger partial charge in [-0.05, 0) is 37.1 Å². The summed E-state index contributed by atoms with van der Waals surface area (Å²) in [5.74, 6) is -0.351. The molecule has 0 aromatic heterocycles. The molecule has 0 spiro atoms. The van der Waals surface area contributed by atoms with Gasteiger partial charge in [-0.25, -0.2) is 4.79 Å². The lowest BCUT2D eigenvalue weighted by Crippen LogP contribution is -2.08. The zero-order valence-electron chi connectivity index (χ0n) is 12.1. The Hall–Kier alpha value is -2.42. The number of ether oxygens (including phenoxy) is 1.